The van der Waals surface area contributed by atoms with Crippen molar-refractivity contribution in [3.8, 4) is 0 Å². The molecule has 2 aromatic heterocycles. The molecule has 0 saturated heterocycles. The Bertz CT molecular complexity index is 393. The van der Waals surface area contributed by atoms with Crippen molar-refractivity contribution in [2.45, 2.75) is 19.5 Å². The van der Waals surface area contributed by atoms with Crippen LogP contribution < -0.4 is 5.73 Å². The van der Waals surface area contributed by atoms with Crippen molar-refractivity contribution in [3.05, 3.63) is 36.2 Å². The molecule has 0 spiro atoms. The molecule has 0 radical (unpaired) electrons. The van der Waals surface area contributed by atoms with E-state index in [1.54, 1.807) is 0 Å². The number of hydrogen-bond donors (Lipinski definition) is 1. The highest BCUT2D eigenvalue weighted by Gasteiger charge is 2.13. The number of nitrogens with two attached hydrogens (primary N) is 1. The molecule has 0 aliphatic heterocycles. The second-order valence-electron chi connectivity index (χ2n) is 3.06. The largest absolute Gasteiger partial charge is 0.344 e. The van der Waals surface area contributed by atoms with E-state index in [9.17, 15) is 0 Å². The van der Waals surface area contributed by atoms with Crippen molar-refractivity contribution in [1.29, 1.82) is 0 Å². The van der Waals surface area contributed by atoms with Crippen molar-refractivity contribution < 1.29 is 4.52 Å². The van der Waals surface area contributed by atoms with Gasteiger partial charge in [-0.1, -0.05) is 5.16 Å². The van der Waals surface area contributed by atoms with Crippen LogP contribution in [0.25, 0.3) is 0 Å². The van der Waals surface area contributed by atoms with Crippen molar-refractivity contribution in [2.75, 3.05) is 0 Å². The SMILES string of the molecule is C[C@@H](c1noc(CN)n1)n1cccc1. The molecule has 0 aromatic carbocycles. The van der Waals surface area contributed by atoms with Gasteiger partial charge >= 0.3 is 0 Å². The summed E-state index contributed by atoms with van der Waals surface area (Å²) in [7, 11) is 0. The maximum atomic E-state index is 5.38. The quantitative estimate of drug-likeness (QED) is 0.785. The molecule has 5 heteroatoms. The lowest BCUT2D eigenvalue weighted by Gasteiger charge is -2.07. The van der Waals surface area contributed by atoms with Gasteiger partial charge in [0.1, 0.15) is 0 Å². The summed E-state index contributed by atoms with van der Waals surface area (Å²) in [6, 6.07) is 4.00. The lowest BCUT2D eigenvalue weighted by atomic mass is 10.3. The summed E-state index contributed by atoms with van der Waals surface area (Å²) in [4.78, 5) is 4.16. The minimum Gasteiger partial charge on any atom is -0.344 e. The van der Waals surface area contributed by atoms with E-state index in [0.29, 0.717) is 11.7 Å². The molecule has 0 amide bonds. The lowest BCUT2D eigenvalue weighted by molar-refractivity contribution is 0.369. The minimum atomic E-state index is 0.0778. The Morgan fingerprint density at radius 1 is 1.50 bits per heavy atom. The van der Waals surface area contributed by atoms with Crippen LogP contribution in [-0.4, -0.2) is 14.7 Å². The molecule has 1 atom stereocenters. The average Bonchev–Trinajstić information content (AvgIpc) is 2.88. The molecule has 0 aliphatic rings. The topological polar surface area (TPSA) is 69.9 Å². The van der Waals surface area contributed by atoms with Crippen molar-refractivity contribution in [2.24, 2.45) is 5.73 Å². The van der Waals surface area contributed by atoms with E-state index in [2.05, 4.69) is 10.1 Å². The van der Waals surface area contributed by atoms with Crippen LogP contribution in [-0.2, 0) is 6.54 Å². The Morgan fingerprint density at radius 2 is 2.21 bits per heavy atom. The summed E-state index contributed by atoms with van der Waals surface area (Å²) in [5.74, 6) is 1.13. The van der Waals surface area contributed by atoms with Gasteiger partial charge in [0.05, 0.1) is 12.6 Å². The summed E-state index contributed by atoms with van der Waals surface area (Å²) in [6.07, 6.45) is 3.92. The zero-order valence-corrected chi connectivity index (χ0v) is 7.92. The first-order chi connectivity index (χ1) is 6.81. The van der Waals surface area contributed by atoms with E-state index < -0.39 is 0 Å². The van der Waals surface area contributed by atoms with E-state index >= 15 is 0 Å². The Balaban J connectivity index is 2.23. The van der Waals surface area contributed by atoms with Crippen LogP contribution in [0.15, 0.2) is 29.0 Å². The maximum Gasteiger partial charge on any atom is 0.240 e. The summed E-state index contributed by atoms with van der Waals surface area (Å²) >= 11 is 0. The Morgan fingerprint density at radius 3 is 2.79 bits per heavy atom. The number of nitrogens with zero attached hydrogens (tertiary/aromatic N) is 3. The van der Waals surface area contributed by atoms with Crippen LogP contribution >= 0.6 is 0 Å². The predicted molar refractivity (Wildman–Crippen MR) is 50.4 cm³/mol. The van der Waals surface area contributed by atoms with Gasteiger partial charge in [0.15, 0.2) is 5.82 Å². The van der Waals surface area contributed by atoms with Gasteiger partial charge in [-0.25, -0.2) is 0 Å². The predicted octanol–water partition coefficient (Wildman–Crippen LogP) is 0.939. The van der Waals surface area contributed by atoms with Crippen LogP contribution in [0.2, 0.25) is 0 Å². The molecule has 0 unspecified atom stereocenters. The van der Waals surface area contributed by atoms with Crippen molar-refractivity contribution >= 4 is 0 Å². The van der Waals surface area contributed by atoms with Crippen LogP contribution in [0.1, 0.15) is 24.7 Å². The van der Waals surface area contributed by atoms with Gasteiger partial charge in [-0.3, -0.25) is 0 Å². The first-order valence-electron chi connectivity index (χ1n) is 4.46. The molecule has 0 fully saturated rings. The molecule has 74 valence electrons. The molecular formula is C9H12N4O. The van der Waals surface area contributed by atoms with Crippen LogP contribution in [0.4, 0.5) is 0 Å². The molecule has 0 saturated carbocycles. The van der Waals surface area contributed by atoms with Crippen molar-refractivity contribution in [3.63, 3.8) is 0 Å². The van der Waals surface area contributed by atoms with Crippen LogP contribution in [0.3, 0.4) is 0 Å². The Hall–Kier alpha value is -1.62. The van der Waals surface area contributed by atoms with E-state index in [1.165, 1.54) is 0 Å². The zero-order valence-electron chi connectivity index (χ0n) is 7.92. The lowest BCUT2D eigenvalue weighted by Crippen LogP contribution is -2.06. The Labute approximate surface area is 81.5 Å². The van der Waals surface area contributed by atoms with E-state index in [1.807, 2.05) is 36.0 Å². The van der Waals surface area contributed by atoms with Crippen LogP contribution in [0, 0.1) is 0 Å². The summed E-state index contributed by atoms with van der Waals surface area (Å²) < 4.78 is 6.94. The molecule has 0 aliphatic carbocycles. The third kappa shape index (κ3) is 1.54. The molecule has 2 aromatic rings. The molecule has 0 bridgehead atoms. The van der Waals surface area contributed by atoms with Gasteiger partial charge in [0.2, 0.25) is 5.89 Å². The number of rotatable bonds is 3. The average molecular weight is 192 g/mol. The molecular weight excluding hydrogens is 180 g/mol. The van der Waals surface area contributed by atoms with E-state index in [0.717, 1.165) is 0 Å². The van der Waals surface area contributed by atoms with E-state index in [4.69, 9.17) is 10.3 Å². The van der Waals surface area contributed by atoms with Gasteiger partial charge in [-0.2, -0.15) is 4.98 Å². The molecule has 2 rings (SSSR count). The van der Waals surface area contributed by atoms with Gasteiger partial charge in [-0.05, 0) is 19.1 Å². The number of hydrogen-bond acceptors (Lipinski definition) is 4. The molecule has 2 heterocycles. The second-order valence-corrected chi connectivity index (χ2v) is 3.06. The Kier molecular flexibility index (Phi) is 2.32. The third-order valence-electron chi connectivity index (χ3n) is 2.11. The highest BCUT2D eigenvalue weighted by molar-refractivity contribution is 5.00. The van der Waals surface area contributed by atoms with Crippen LogP contribution in [0.5, 0.6) is 0 Å². The van der Waals surface area contributed by atoms with E-state index in [-0.39, 0.29) is 12.6 Å². The van der Waals surface area contributed by atoms with Gasteiger partial charge in [-0.15, -0.1) is 0 Å². The fourth-order valence-electron chi connectivity index (χ4n) is 1.26. The fraction of sp³-hybridized carbons (Fsp3) is 0.333. The summed E-state index contributed by atoms with van der Waals surface area (Å²) in [5.41, 5.74) is 5.38. The van der Waals surface area contributed by atoms with Gasteiger partial charge < -0.3 is 14.8 Å². The highest BCUT2D eigenvalue weighted by atomic mass is 16.5. The van der Waals surface area contributed by atoms with Crippen molar-refractivity contribution in [1.82, 2.24) is 14.7 Å². The third-order valence-corrected chi connectivity index (χ3v) is 2.11. The fourth-order valence-corrected chi connectivity index (χ4v) is 1.26. The smallest absolute Gasteiger partial charge is 0.240 e. The standard InChI is InChI=1S/C9H12N4O/c1-7(13-4-2-3-5-13)9-11-8(6-10)14-12-9/h2-5,7H,6,10H2,1H3/t7-/m0/s1. The monoisotopic (exact) mass is 192 g/mol. The van der Waals surface area contributed by atoms with Gasteiger partial charge in [0.25, 0.3) is 0 Å². The molecule has 5 nitrogen and oxygen atoms in total. The molecule has 2 N–H and O–H groups in total. The first kappa shape index (κ1) is 8.96. The first-order valence-corrected chi connectivity index (χ1v) is 4.46. The summed E-state index contributed by atoms with van der Waals surface area (Å²) in [5, 5.41) is 3.86. The molecule has 14 heavy (non-hydrogen) atoms. The number of aromatic nitrogens is 3. The second kappa shape index (κ2) is 3.63. The normalized spacial score (nSPS) is 13.0. The highest BCUT2D eigenvalue weighted by Crippen LogP contribution is 2.14. The zero-order chi connectivity index (χ0) is 9.97. The minimum absolute atomic E-state index is 0.0778. The van der Waals surface area contributed by atoms with Gasteiger partial charge in [0, 0.05) is 12.4 Å². The summed E-state index contributed by atoms with van der Waals surface area (Å²) in [6.45, 7) is 2.29. The maximum absolute atomic E-state index is 5.38.